The van der Waals surface area contributed by atoms with E-state index in [0.717, 1.165) is 95.1 Å². The highest BCUT2D eigenvalue weighted by Gasteiger charge is 2.13. The Morgan fingerprint density at radius 3 is 1.96 bits per heavy atom. The number of aromatic nitrogens is 5. The Morgan fingerprint density at radius 1 is 0.638 bits per heavy atom. The van der Waals surface area contributed by atoms with Crippen molar-refractivity contribution < 1.29 is 4.42 Å². The first-order valence-corrected chi connectivity index (χ1v) is 23.7. The third-order valence-electron chi connectivity index (χ3n) is 11.0. The van der Waals surface area contributed by atoms with Crippen LogP contribution in [0.25, 0.3) is 86.6 Å². The molecule has 0 aromatic heterocycles. The maximum absolute atomic E-state index is 11.4. The van der Waals surface area contributed by atoms with Crippen LogP contribution in [0.1, 0.15) is 13.8 Å². The van der Waals surface area contributed by atoms with Crippen molar-refractivity contribution in [2.75, 3.05) is 31.7 Å². The molecule has 13 nitrogen and oxygen atoms in total. The van der Waals surface area contributed by atoms with Crippen molar-refractivity contribution in [2.45, 2.75) is 20.4 Å². The molecule has 0 saturated carbocycles. The largest absolute Gasteiger partial charge is 0.453 e. The summed E-state index contributed by atoms with van der Waals surface area (Å²) in [6.07, 6.45) is 0. The van der Waals surface area contributed by atoms with Crippen LogP contribution in [0, 0.1) is 0 Å². The van der Waals surface area contributed by atoms with Gasteiger partial charge < -0.3 is 25.0 Å². The second-order valence-corrected chi connectivity index (χ2v) is 17.8. The van der Waals surface area contributed by atoms with Crippen molar-refractivity contribution in [3.63, 3.8) is 0 Å². The molecule has 0 fully saturated rings. The standard InChI is InChI=1S/C15H15N3S.C14H12N2O.C13H11N3S.C12H7NO3/c1-3-17-11-5-7-13-15(9-11)19-14-8-10(16-2)4-6-12(14)18-13;1-2-16-13-6-4-3-5-11(13)15-12-8-7-10(17)9-14(12)16;1-15-9-3-5-11-13(7-9)17-12-6-8(14)2-4-10(12)16-11;14-9-5-8-12(6-10(9)15)16-11-4-2-1-3-7(11)13-8/h4-9,17H,3H2,1-2H3;3-9H,2H2,1H3;2-7H,14H2,1H3;1-6,13H. The number of nitrogens with two attached hydrogens (primary N) is 1. The molecule has 0 saturated heterocycles. The van der Waals surface area contributed by atoms with E-state index in [2.05, 4.69) is 79.0 Å². The summed E-state index contributed by atoms with van der Waals surface area (Å²) in [6, 6.07) is 47.0. The Balaban J connectivity index is 0.000000115. The summed E-state index contributed by atoms with van der Waals surface area (Å²) in [5.74, 6) is 0.392. The number of hydrogen-bond donors (Lipinski definition) is 3. The highest BCUT2D eigenvalue weighted by molar-refractivity contribution is 7.21. The van der Waals surface area contributed by atoms with E-state index < -0.39 is 10.9 Å². The first-order chi connectivity index (χ1) is 33.6. The first-order valence-electron chi connectivity index (χ1n) is 22.1. The van der Waals surface area contributed by atoms with Gasteiger partial charge in [0.25, 0.3) is 0 Å². The summed E-state index contributed by atoms with van der Waals surface area (Å²) in [5.41, 5.74) is 16.4. The van der Waals surface area contributed by atoms with Crippen LogP contribution in [0.5, 0.6) is 0 Å². The predicted octanol–water partition coefficient (Wildman–Crippen LogP) is 9.98. The fourth-order valence-electron chi connectivity index (χ4n) is 7.68. The number of aromatic amines is 1. The Hall–Kier alpha value is -8.40. The monoisotopic (exact) mass is 947 g/mol. The maximum atomic E-state index is 11.4. The van der Waals surface area contributed by atoms with Gasteiger partial charge in [0.1, 0.15) is 0 Å². The van der Waals surface area contributed by atoms with Crippen LogP contribution in [0.2, 0.25) is 0 Å². The van der Waals surface area contributed by atoms with E-state index in [1.807, 2.05) is 92.0 Å². The average Bonchev–Trinajstić information content (AvgIpc) is 3.37. The summed E-state index contributed by atoms with van der Waals surface area (Å²) in [4.78, 5) is 61.4. The number of rotatable bonds is 3. The van der Waals surface area contributed by atoms with Gasteiger partial charge in [-0.2, -0.15) is 0 Å². The van der Waals surface area contributed by atoms with E-state index in [0.29, 0.717) is 17.0 Å². The molecule has 0 spiro atoms. The molecule has 8 aliphatic rings. The lowest BCUT2D eigenvalue weighted by Gasteiger charge is -2.16. The third kappa shape index (κ3) is 10.1. The van der Waals surface area contributed by atoms with Crippen molar-refractivity contribution in [3.05, 3.63) is 193 Å². The summed E-state index contributed by atoms with van der Waals surface area (Å²) >= 11 is 3.45. The molecule has 0 atom stereocenters. The Kier molecular flexibility index (Phi) is 13.4. The van der Waals surface area contributed by atoms with E-state index in [4.69, 9.17) is 15.1 Å². The van der Waals surface area contributed by atoms with Crippen molar-refractivity contribution in [2.24, 2.45) is 9.98 Å². The second kappa shape index (κ2) is 20.2. The van der Waals surface area contributed by atoms with Crippen LogP contribution in [-0.4, -0.2) is 45.1 Å². The molecule has 4 aromatic rings. The van der Waals surface area contributed by atoms with Crippen LogP contribution >= 0.6 is 22.7 Å². The van der Waals surface area contributed by atoms with Gasteiger partial charge in [-0.05, 0) is 123 Å². The minimum Gasteiger partial charge on any atom is -0.453 e. The summed E-state index contributed by atoms with van der Waals surface area (Å²) < 4.78 is 9.93. The van der Waals surface area contributed by atoms with Crippen LogP contribution in [0.15, 0.2) is 180 Å². The van der Waals surface area contributed by atoms with E-state index >= 15 is 0 Å². The van der Waals surface area contributed by atoms with E-state index in [1.54, 1.807) is 54.0 Å². The van der Waals surface area contributed by atoms with Crippen LogP contribution < -0.4 is 38.1 Å². The predicted molar refractivity (Wildman–Crippen MR) is 282 cm³/mol. The minimum atomic E-state index is -0.556. The molecular weight excluding hydrogens is 903 g/mol. The first kappa shape index (κ1) is 45.7. The zero-order valence-electron chi connectivity index (χ0n) is 38.1. The number of nitrogens with one attached hydrogen (secondary N) is 2. The molecule has 69 heavy (non-hydrogen) atoms. The van der Waals surface area contributed by atoms with Gasteiger partial charge in [-0.25, -0.2) is 15.0 Å². The van der Waals surface area contributed by atoms with Gasteiger partial charge in [0.05, 0.1) is 85.9 Å². The number of hydrogen-bond acceptors (Lipinski definition) is 13. The molecule has 4 heterocycles. The summed E-state index contributed by atoms with van der Waals surface area (Å²) in [5, 5.41) is 5.30. The molecule has 0 amide bonds. The fourth-order valence-corrected chi connectivity index (χ4v) is 9.77. The van der Waals surface area contributed by atoms with Gasteiger partial charge in [-0.1, -0.05) is 24.3 Å². The molecule has 0 bridgehead atoms. The maximum Gasteiger partial charge on any atom is 0.229 e. The van der Waals surface area contributed by atoms with Crippen molar-refractivity contribution in [1.29, 1.82) is 0 Å². The van der Waals surface area contributed by atoms with Crippen LogP contribution in [0.3, 0.4) is 0 Å². The second-order valence-electron chi connectivity index (χ2n) is 15.6. The normalized spacial score (nSPS) is 11.7. The molecular formula is C54H45N9O4S2. The molecule has 15 heteroatoms. The molecule has 342 valence electrons. The summed E-state index contributed by atoms with van der Waals surface area (Å²) in [6.45, 7) is 5.92. The van der Waals surface area contributed by atoms with Crippen LogP contribution in [-0.2, 0) is 6.54 Å². The molecule has 4 aromatic carbocycles. The minimum absolute atomic E-state index is 0.0248. The van der Waals surface area contributed by atoms with Crippen LogP contribution in [0.4, 0.5) is 11.4 Å². The number of H-pyrrole nitrogens is 1. The zero-order chi connectivity index (χ0) is 48.0. The quantitative estimate of drug-likeness (QED) is 0.0880. The SMILES string of the molecule is CCNc1ccc2nc3ccc(=NC)cc-3sc2c1.CCn1c2cc(=O)ccc-2nc2ccccc21.CN=c1ccc2nc3ccc(N)cc3sc-2c1.O=c1cc2[nH]c3ccccc3oc-2cc1=O. The van der Waals surface area contributed by atoms with Gasteiger partial charge in [0, 0.05) is 56.8 Å². The fraction of sp³-hybridized carbons (Fsp3) is 0.111. The highest BCUT2D eigenvalue weighted by atomic mass is 32.1. The van der Waals surface area contributed by atoms with Crippen molar-refractivity contribution >= 4 is 76.6 Å². The van der Waals surface area contributed by atoms with E-state index in [1.165, 1.54) is 21.7 Å². The van der Waals surface area contributed by atoms with Gasteiger partial charge in [0.2, 0.25) is 10.9 Å². The third-order valence-corrected chi connectivity index (χ3v) is 13.2. The lowest BCUT2D eigenvalue weighted by Crippen LogP contribution is -2.22. The number of aryl methyl sites for hydroxylation is 1. The number of nitrogens with zero attached hydrogens (tertiary/aromatic N) is 6. The smallest absolute Gasteiger partial charge is 0.229 e. The molecule has 0 radical (unpaired) electrons. The zero-order valence-corrected chi connectivity index (χ0v) is 39.7. The topological polar surface area (TPSA) is 187 Å². The lowest BCUT2D eigenvalue weighted by atomic mass is 10.1. The van der Waals surface area contributed by atoms with Crippen molar-refractivity contribution in [1.82, 2.24) is 24.5 Å². The van der Waals surface area contributed by atoms with Gasteiger partial charge in [-0.15, -0.1) is 22.7 Å². The Bertz CT molecular complexity index is 3940. The molecule has 4 aliphatic heterocycles. The number of para-hydroxylation sites is 4. The number of anilines is 2. The summed E-state index contributed by atoms with van der Waals surface area (Å²) in [7, 11) is 3.60. The van der Waals surface area contributed by atoms with E-state index in [9.17, 15) is 14.4 Å². The number of benzene rings is 8. The Morgan fingerprint density at radius 2 is 1.26 bits per heavy atom. The van der Waals surface area contributed by atoms with Gasteiger partial charge in [0.15, 0.2) is 16.8 Å². The molecule has 12 rings (SSSR count). The van der Waals surface area contributed by atoms with Gasteiger partial charge in [-0.3, -0.25) is 24.4 Å². The van der Waals surface area contributed by atoms with E-state index in [-0.39, 0.29) is 5.43 Å². The molecule has 4 aliphatic carbocycles. The number of nitrogen functional groups attached to an aromatic ring is 1. The van der Waals surface area contributed by atoms with Crippen molar-refractivity contribution in [3.8, 4) is 44.0 Å². The Labute approximate surface area is 402 Å². The lowest BCUT2D eigenvalue weighted by molar-refractivity contribution is 0.612. The average molecular weight is 948 g/mol. The molecule has 4 N–H and O–H groups in total. The van der Waals surface area contributed by atoms with Gasteiger partial charge >= 0.3 is 0 Å². The molecule has 0 unspecified atom stereocenters. The highest BCUT2D eigenvalue weighted by Crippen LogP contribution is 2.32. The number of fused-ring (bicyclic) bond motifs is 8.